The van der Waals surface area contributed by atoms with Gasteiger partial charge in [-0.05, 0) is 45.6 Å². The minimum Gasteiger partial charge on any atom is -0.444 e. The first kappa shape index (κ1) is 17.3. The summed E-state index contributed by atoms with van der Waals surface area (Å²) in [6.45, 7) is 6.85. The molecule has 2 rings (SSSR count). The Kier molecular flexibility index (Phi) is 5.64. The lowest BCUT2D eigenvalue weighted by Gasteiger charge is -2.33. The number of nitrogens with one attached hydrogen (secondary N) is 1. The van der Waals surface area contributed by atoms with Gasteiger partial charge in [-0.25, -0.2) is 4.79 Å². The molecule has 1 N–H and O–H groups in total. The molecule has 0 unspecified atom stereocenters. The maximum atomic E-state index is 12.5. The standard InChI is InChI=1S/C18H26N2O3/c1-18(2,3)23-17(22)19-15-10-7-12-20(16(15)21)13-11-14-8-5-4-6-9-14/h4-6,8-9,15H,7,10-13H2,1-3H3,(H,19,22)/t15-/m0/s1. The average Bonchev–Trinajstić information content (AvgIpc) is 2.47. The van der Waals surface area contributed by atoms with E-state index in [9.17, 15) is 9.59 Å². The fourth-order valence-corrected chi connectivity index (χ4v) is 2.65. The van der Waals surface area contributed by atoms with Crippen LogP contribution in [0.3, 0.4) is 0 Å². The smallest absolute Gasteiger partial charge is 0.408 e. The number of benzene rings is 1. The summed E-state index contributed by atoms with van der Waals surface area (Å²) in [4.78, 5) is 26.2. The largest absolute Gasteiger partial charge is 0.444 e. The van der Waals surface area contributed by atoms with Crippen molar-refractivity contribution in [2.24, 2.45) is 0 Å². The van der Waals surface area contributed by atoms with Crippen LogP contribution in [0.2, 0.25) is 0 Å². The molecule has 5 nitrogen and oxygen atoms in total. The van der Waals surface area contributed by atoms with Crippen molar-refractivity contribution in [3.05, 3.63) is 35.9 Å². The van der Waals surface area contributed by atoms with Crippen LogP contribution in [-0.4, -0.2) is 41.6 Å². The molecular formula is C18H26N2O3. The van der Waals surface area contributed by atoms with Crippen molar-refractivity contribution in [3.63, 3.8) is 0 Å². The van der Waals surface area contributed by atoms with Crippen LogP contribution in [0.15, 0.2) is 30.3 Å². The molecule has 1 atom stereocenters. The zero-order valence-electron chi connectivity index (χ0n) is 14.2. The summed E-state index contributed by atoms with van der Waals surface area (Å²) >= 11 is 0. The van der Waals surface area contributed by atoms with E-state index in [1.807, 2.05) is 23.1 Å². The van der Waals surface area contributed by atoms with E-state index in [4.69, 9.17) is 4.74 Å². The number of piperidine rings is 1. The molecule has 1 aromatic rings. The topological polar surface area (TPSA) is 58.6 Å². The van der Waals surface area contributed by atoms with Crippen LogP contribution < -0.4 is 5.32 Å². The second kappa shape index (κ2) is 7.49. The Morgan fingerprint density at radius 2 is 2.00 bits per heavy atom. The van der Waals surface area contributed by atoms with Gasteiger partial charge in [-0.15, -0.1) is 0 Å². The molecule has 0 aromatic heterocycles. The van der Waals surface area contributed by atoms with Gasteiger partial charge in [0.25, 0.3) is 0 Å². The summed E-state index contributed by atoms with van der Waals surface area (Å²) in [5, 5.41) is 2.70. The molecule has 126 valence electrons. The molecule has 1 aliphatic rings. The van der Waals surface area contributed by atoms with Gasteiger partial charge < -0.3 is 15.0 Å². The summed E-state index contributed by atoms with van der Waals surface area (Å²) in [7, 11) is 0. The molecule has 0 aliphatic carbocycles. The fraction of sp³-hybridized carbons (Fsp3) is 0.556. The first-order chi connectivity index (χ1) is 10.8. The molecular weight excluding hydrogens is 292 g/mol. The van der Waals surface area contributed by atoms with Crippen molar-refractivity contribution in [2.75, 3.05) is 13.1 Å². The summed E-state index contributed by atoms with van der Waals surface area (Å²) in [5.41, 5.74) is 0.650. The highest BCUT2D eigenvalue weighted by molar-refractivity contribution is 5.86. The molecule has 2 amide bonds. The lowest BCUT2D eigenvalue weighted by Crippen LogP contribution is -2.53. The number of rotatable bonds is 4. The van der Waals surface area contributed by atoms with Crippen LogP contribution in [0.4, 0.5) is 4.79 Å². The first-order valence-corrected chi connectivity index (χ1v) is 8.17. The minimum absolute atomic E-state index is 0.0157. The molecule has 1 aromatic carbocycles. The van der Waals surface area contributed by atoms with E-state index in [1.54, 1.807) is 20.8 Å². The van der Waals surface area contributed by atoms with Gasteiger partial charge in [-0.2, -0.15) is 0 Å². The second-order valence-electron chi connectivity index (χ2n) is 6.90. The predicted octanol–water partition coefficient (Wildman–Crippen LogP) is 2.74. The van der Waals surface area contributed by atoms with Crippen molar-refractivity contribution < 1.29 is 14.3 Å². The second-order valence-corrected chi connectivity index (χ2v) is 6.90. The SMILES string of the molecule is CC(C)(C)OC(=O)N[C@H]1CCCN(CCc2ccccc2)C1=O. The number of carbonyl (C=O) groups is 2. The zero-order valence-corrected chi connectivity index (χ0v) is 14.2. The summed E-state index contributed by atoms with van der Waals surface area (Å²) in [6, 6.07) is 9.63. The average molecular weight is 318 g/mol. The van der Waals surface area contributed by atoms with Crippen LogP contribution in [0, 0.1) is 0 Å². The third-order valence-electron chi connectivity index (χ3n) is 3.73. The van der Waals surface area contributed by atoms with Gasteiger partial charge in [-0.3, -0.25) is 4.79 Å². The Morgan fingerprint density at radius 1 is 1.30 bits per heavy atom. The third-order valence-corrected chi connectivity index (χ3v) is 3.73. The fourth-order valence-electron chi connectivity index (χ4n) is 2.65. The van der Waals surface area contributed by atoms with Crippen molar-refractivity contribution in [2.45, 2.75) is 51.7 Å². The Balaban J connectivity index is 1.86. The van der Waals surface area contributed by atoms with Crippen LogP contribution in [0.25, 0.3) is 0 Å². The Hall–Kier alpha value is -2.04. The third kappa shape index (κ3) is 5.58. The number of hydrogen-bond acceptors (Lipinski definition) is 3. The van der Waals surface area contributed by atoms with E-state index >= 15 is 0 Å². The molecule has 5 heteroatoms. The summed E-state index contributed by atoms with van der Waals surface area (Å²) < 4.78 is 5.23. The van der Waals surface area contributed by atoms with Gasteiger partial charge in [0.1, 0.15) is 11.6 Å². The van der Waals surface area contributed by atoms with Crippen molar-refractivity contribution >= 4 is 12.0 Å². The number of likely N-dealkylation sites (tertiary alicyclic amines) is 1. The van der Waals surface area contributed by atoms with E-state index in [0.29, 0.717) is 13.0 Å². The van der Waals surface area contributed by atoms with E-state index in [1.165, 1.54) is 5.56 Å². The normalized spacial score (nSPS) is 18.7. The number of carbonyl (C=O) groups excluding carboxylic acids is 2. The van der Waals surface area contributed by atoms with Crippen molar-refractivity contribution in [1.82, 2.24) is 10.2 Å². The lowest BCUT2D eigenvalue weighted by molar-refractivity contribution is -0.135. The van der Waals surface area contributed by atoms with E-state index < -0.39 is 17.7 Å². The zero-order chi connectivity index (χ0) is 16.9. The molecule has 0 bridgehead atoms. The molecule has 0 spiro atoms. The highest BCUT2D eigenvalue weighted by Gasteiger charge is 2.30. The molecule has 0 radical (unpaired) electrons. The minimum atomic E-state index is -0.561. The van der Waals surface area contributed by atoms with Crippen LogP contribution in [0.5, 0.6) is 0 Å². The van der Waals surface area contributed by atoms with Gasteiger partial charge in [-0.1, -0.05) is 30.3 Å². The summed E-state index contributed by atoms with van der Waals surface area (Å²) in [5.74, 6) is -0.0157. The Morgan fingerprint density at radius 3 is 2.65 bits per heavy atom. The van der Waals surface area contributed by atoms with Gasteiger partial charge in [0.15, 0.2) is 0 Å². The number of hydrogen-bond donors (Lipinski definition) is 1. The van der Waals surface area contributed by atoms with Gasteiger partial charge in [0.2, 0.25) is 5.91 Å². The quantitative estimate of drug-likeness (QED) is 0.928. The molecule has 23 heavy (non-hydrogen) atoms. The number of ether oxygens (including phenoxy) is 1. The van der Waals surface area contributed by atoms with Crippen molar-refractivity contribution in [1.29, 1.82) is 0 Å². The first-order valence-electron chi connectivity index (χ1n) is 8.17. The predicted molar refractivity (Wildman–Crippen MR) is 89.1 cm³/mol. The van der Waals surface area contributed by atoms with E-state index in [0.717, 1.165) is 19.4 Å². The summed E-state index contributed by atoms with van der Waals surface area (Å²) in [6.07, 6.45) is 1.85. The molecule has 1 heterocycles. The van der Waals surface area contributed by atoms with Gasteiger partial charge in [0, 0.05) is 13.1 Å². The Labute approximate surface area is 138 Å². The molecule has 1 fully saturated rings. The van der Waals surface area contributed by atoms with Crippen LogP contribution >= 0.6 is 0 Å². The highest BCUT2D eigenvalue weighted by Crippen LogP contribution is 2.14. The Bertz CT molecular complexity index is 537. The number of amides is 2. The van der Waals surface area contributed by atoms with Crippen molar-refractivity contribution in [3.8, 4) is 0 Å². The van der Waals surface area contributed by atoms with Gasteiger partial charge in [0.05, 0.1) is 0 Å². The number of nitrogens with zero attached hydrogens (tertiary/aromatic N) is 1. The maximum Gasteiger partial charge on any atom is 0.408 e. The lowest BCUT2D eigenvalue weighted by atomic mass is 10.0. The maximum absolute atomic E-state index is 12.5. The molecule has 1 aliphatic heterocycles. The van der Waals surface area contributed by atoms with E-state index in [2.05, 4.69) is 17.4 Å². The monoisotopic (exact) mass is 318 g/mol. The number of alkyl carbamates (subject to hydrolysis) is 1. The van der Waals surface area contributed by atoms with E-state index in [-0.39, 0.29) is 5.91 Å². The van der Waals surface area contributed by atoms with Gasteiger partial charge >= 0.3 is 6.09 Å². The molecule has 1 saturated heterocycles. The highest BCUT2D eigenvalue weighted by atomic mass is 16.6. The van der Waals surface area contributed by atoms with Crippen LogP contribution in [-0.2, 0) is 16.0 Å². The van der Waals surface area contributed by atoms with Crippen LogP contribution in [0.1, 0.15) is 39.2 Å². The molecule has 0 saturated carbocycles.